The average molecular weight is 371 g/mol. The van der Waals surface area contributed by atoms with Gasteiger partial charge in [0.2, 0.25) is 0 Å². The fourth-order valence-corrected chi connectivity index (χ4v) is 3.40. The summed E-state index contributed by atoms with van der Waals surface area (Å²) in [6.45, 7) is 0. The molecule has 0 saturated carbocycles. The van der Waals surface area contributed by atoms with E-state index >= 15 is 0 Å². The number of halogens is 1. The first kappa shape index (κ1) is 15.9. The van der Waals surface area contributed by atoms with Crippen LogP contribution in [-0.4, -0.2) is 19.4 Å². The van der Waals surface area contributed by atoms with E-state index in [2.05, 4.69) is 15.0 Å². The van der Waals surface area contributed by atoms with Gasteiger partial charge in [0.15, 0.2) is 5.16 Å². The van der Waals surface area contributed by atoms with Crippen LogP contribution in [0.1, 0.15) is 5.69 Å². The molecule has 3 heterocycles. The highest BCUT2D eigenvalue weighted by atomic mass is 35.5. The number of benzene rings is 1. The highest BCUT2D eigenvalue weighted by Gasteiger charge is 2.07. The molecule has 0 amide bonds. The number of rotatable bonds is 3. The van der Waals surface area contributed by atoms with Crippen molar-refractivity contribution in [1.29, 1.82) is 0 Å². The molecule has 0 aliphatic rings. The van der Waals surface area contributed by atoms with Crippen LogP contribution in [0.15, 0.2) is 63.4 Å². The van der Waals surface area contributed by atoms with E-state index in [1.165, 1.54) is 28.4 Å². The Hall–Kier alpha value is -2.64. The van der Waals surface area contributed by atoms with E-state index < -0.39 is 0 Å². The van der Waals surface area contributed by atoms with Crippen molar-refractivity contribution in [1.82, 2.24) is 19.4 Å². The van der Waals surface area contributed by atoms with Gasteiger partial charge in [-0.05, 0) is 24.3 Å². The lowest BCUT2D eigenvalue weighted by atomic mass is 10.2. The number of aromatic amines is 1. The molecule has 25 heavy (non-hydrogen) atoms. The minimum absolute atomic E-state index is 0.186. The fourth-order valence-electron chi connectivity index (χ4n) is 2.48. The molecule has 0 atom stereocenters. The minimum Gasteiger partial charge on any atom is -0.301 e. The lowest BCUT2D eigenvalue weighted by Crippen LogP contribution is -2.15. The molecule has 1 aromatic carbocycles. The molecule has 0 fully saturated rings. The minimum atomic E-state index is -0.205. The molecule has 3 aromatic heterocycles. The topological polar surface area (TPSA) is 80.1 Å². The molecule has 0 bridgehead atoms. The Bertz CT molecular complexity index is 1220. The first-order chi connectivity index (χ1) is 12.1. The normalized spacial score (nSPS) is 11.2. The third kappa shape index (κ3) is 3.16. The van der Waals surface area contributed by atoms with Gasteiger partial charge in [-0.3, -0.25) is 14.0 Å². The molecule has 6 nitrogen and oxygen atoms in total. The van der Waals surface area contributed by atoms with Gasteiger partial charge in [0, 0.05) is 18.0 Å². The molecule has 124 valence electrons. The van der Waals surface area contributed by atoms with Crippen molar-refractivity contribution in [2.24, 2.45) is 0 Å². The Morgan fingerprint density at radius 1 is 1.12 bits per heavy atom. The van der Waals surface area contributed by atoms with Crippen LogP contribution in [0.25, 0.3) is 16.6 Å². The smallest absolute Gasteiger partial charge is 0.259 e. The van der Waals surface area contributed by atoms with Crippen molar-refractivity contribution in [3.05, 3.63) is 80.1 Å². The number of fused-ring (bicyclic) bond motifs is 2. The van der Waals surface area contributed by atoms with Gasteiger partial charge in [-0.1, -0.05) is 35.5 Å². The summed E-state index contributed by atoms with van der Waals surface area (Å²) < 4.78 is 1.40. The van der Waals surface area contributed by atoms with E-state index in [0.29, 0.717) is 38.2 Å². The largest absolute Gasteiger partial charge is 0.301 e. The number of thioether (sulfide) groups is 1. The number of hydrogen-bond acceptors (Lipinski definition) is 5. The second-order valence-electron chi connectivity index (χ2n) is 5.34. The van der Waals surface area contributed by atoms with Crippen molar-refractivity contribution in [2.75, 3.05) is 0 Å². The van der Waals surface area contributed by atoms with Crippen molar-refractivity contribution in [3.8, 4) is 0 Å². The van der Waals surface area contributed by atoms with Gasteiger partial charge >= 0.3 is 0 Å². The molecule has 0 aliphatic heterocycles. The maximum absolute atomic E-state index is 12.2. The molecule has 4 aromatic rings. The number of H-pyrrole nitrogens is 1. The molecule has 0 saturated heterocycles. The lowest BCUT2D eigenvalue weighted by molar-refractivity contribution is 0.967. The van der Waals surface area contributed by atoms with Crippen molar-refractivity contribution < 1.29 is 0 Å². The Labute approximate surface area is 150 Å². The van der Waals surface area contributed by atoms with E-state index in [9.17, 15) is 9.59 Å². The van der Waals surface area contributed by atoms with E-state index in [1.807, 2.05) is 6.07 Å². The third-order valence-electron chi connectivity index (χ3n) is 3.62. The van der Waals surface area contributed by atoms with Gasteiger partial charge in [0.05, 0.1) is 21.6 Å². The summed E-state index contributed by atoms with van der Waals surface area (Å²) in [5, 5.41) is 1.50. The number of hydrogen-bond donors (Lipinski definition) is 1. The molecular weight excluding hydrogens is 360 g/mol. The zero-order valence-electron chi connectivity index (χ0n) is 12.8. The Morgan fingerprint density at radius 3 is 2.84 bits per heavy atom. The van der Waals surface area contributed by atoms with E-state index in [1.54, 1.807) is 30.3 Å². The quantitative estimate of drug-likeness (QED) is 0.443. The van der Waals surface area contributed by atoms with E-state index in [-0.39, 0.29) is 11.1 Å². The molecular formula is C17H11ClN4O2S. The number of nitrogens with one attached hydrogen (secondary N) is 1. The Kier molecular flexibility index (Phi) is 4.03. The van der Waals surface area contributed by atoms with Crippen LogP contribution in [0, 0.1) is 0 Å². The second-order valence-corrected chi connectivity index (χ2v) is 6.74. The lowest BCUT2D eigenvalue weighted by Gasteiger charge is -2.05. The summed E-state index contributed by atoms with van der Waals surface area (Å²) in [4.78, 5) is 35.9. The predicted octanol–water partition coefficient (Wildman–Crippen LogP) is 2.88. The second kappa shape index (κ2) is 6.34. The standard InChI is InChI=1S/C17H11ClN4O2S/c18-10-5-6-14-19-11(7-15(23)22(14)8-10)9-25-17-20-13-4-2-1-3-12(13)16(24)21-17/h1-8H,9H2,(H,20,21,24). The van der Waals surface area contributed by atoms with Crippen molar-refractivity contribution >= 4 is 39.9 Å². The predicted molar refractivity (Wildman–Crippen MR) is 98.4 cm³/mol. The van der Waals surface area contributed by atoms with Gasteiger partial charge in [0.25, 0.3) is 11.1 Å². The Morgan fingerprint density at radius 2 is 1.96 bits per heavy atom. The number of nitrogens with zero attached hydrogens (tertiary/aromatic N) is 3. The molecule has 4 rings (SSSR count). The summed E-state index contributed by atoms with van der Waals surface area (Å²) in [5.41, 5.74) is 1.37. The van der Waals surface area contributed by atoms with Crippen LogP contribution < -0.4 is 11.1 Å². The first-order valence-corrected chi connectivity index (χ1v) is 8.76. The van der Waals surface area contributed by atoms with Gasteiger partial charge in [-0.15, -0.1) is 0 Å². The van der Waals surface area contributed by atoms with Crippen LogP contribution in [0.3, 0.4) is 0 Å². The number of pyridine rings is 1. The highest BCUT2D eigenvalue weighted by Crippen LogP contribution is 2.19. The van der Waals surface area contributed by atoms with Crippen LogP contribution in [0.2, 0.25) is 5.02 Å². The van der Waals surface area contributed by atoms with Gasteiger partial charge in [-0.2, -0.15) is 0 Å². The molecule has 0 radical (unpaired) electrons. The first-order valence-electron chi connectivity index (χ1n) is 7.40. The van der Waals surface area contributed by atoms with Crippen molar-refractivity contribution in [3.63, 3.8) is 0 Å². The summed E-state index contributed by atoms with van der Waals surface area (Å²) in [6.07, 6.45) is 1.53. The maximum Gasteiger partial charge on any atom is 0.259 e. The van der Waals surface area contributed by atoms with Crippen LogP contribution in [-0.2, 0) is 5.75 Å². The monoisotopic (exact) mass is 370 g/mol. The summed E-state index contributed by atoms with van der Waals surface area (Å²) in [6, 6.07) is 12.0. The summed E-state index contributed by atoms with van der Waals surface area (Å²) in [5.74, 6) is 0.412. The highest BCUT2D eigenvalue weighted by molar-refractivity contribution is 7.98. The Balaban J connectivity index is 1.65. The van der Waals surface area contributed by atoms with E-state index in [4.69, 9.17) is 11.6 Å². The number of aromatic nitrogens is 4. The SMILES string of the molecule is O=c1[nH]c(SCc2cc(=O)n3cc(Cl)ccc3n2)nc2ccccc12. The molecule has 0 unspecified atom stereocenters. The zero-order chi connectivity index (χ0) is 17.4. The van der Waals surface area contributed by atoms with Gasteiger partial charge < -0.3 is 4.98 Å². The number of para-hydroxylation sites is 1. The maximum atomic E-state index is 12.2. The van der Waals surface area contributed by atoms with Crippen LogP contribution in [0.4, 0.5) is 0 Å². The third-order valence-corrected chi connectivity index (χ3v) is 4.75. The molecule has 0 aliphatic carbocycles. The zero-order valence-corrected chi connectivity index (χ0v) is 14.3. The van der Waals surface area contributed by atoms with Crippen molar-refractivity contribution in [2.45, 2.75) is 10.9 Å². The average Bonchev–Trinajstić information content (AvgIpc) is 2.61. The van der Waals surface area contributed by atoms with E-state index in [0.717, 1.165) is 0 Å². The molecule has 0 spiro atoms. The summed E-state index contributed by atoms with van der Waals surface area (Å²) in [7, 11) is 0. The van der Waals surface area contributed by atoms with Crippen LogP contribution >= 0.6 is 23.4 Å². The van der Waals surface area contributed by atoms with Gasteiger partial charge in [-0.25, -0.2) is 9.97 Å². The molecule has 1 N–H and O–H groups in total. The van der Waals surface area contributed by atoms with Crippen LogP contribution in [0.5, 0.6) is 0 Å². The van der Waals surface area contributed by atoms with Gasteiger partial charge in [0.1, 0.15) is 5.65 Å². The fraction of sp³-hybridized carbons (Fsp3) is 0.0588. The molecule has 8 heteroatoms. The summed E-state index contributed by atoms with van der Waals surface area (Å²) >= 11 is 7.22.